The summed E-state index contributed by atoms with van der Waals surface area (Å²) in [5, 5.41) is 31.4. The highest BCUT2D eigenvalue weighted by molar-refractivity contribution is 6.04. The number of benzene rings is 1. The Balaban J connectivity index is 2.15. The Bertz CT molecular complexity index is 1010. The summed E-state index contributed by atoms with van der Waals surface area (Å²) in [5.41, 5.74) is 0.800. The fourth-order valence-electron chi connectivity index (χ4n) is 3.29. The number of carbonyl (C=O) groups excluding carboxylic acids is 2. The minimum absolute atomic E-state index is 0.00610. The number of ketones is 1. The Morgan fingerprint density at radius 1 is 1.13 bits per heavy atom. The van der Waals surface area contributed by atoms with E-state index in [0.717, 1.165) is 0 Å². The first-order valence-electron chi connectivity index (χ1n) is 9.97. The molecule has 0 fully saturated rings. The number of aliphatic hydroxyl groups excluding tert-OH is 2. The average molecular weight is 414 g/mol. The molecule has 4 atom stereocenters. The van der Waals surface area contributed by atoms with Crippen LogP contribution in [0, 0.1) is 5.92 Å². The summed E-state index contributed by atoms with van der Waals surface area (Å²) in [6.07, 6.45) is 2.92. The van der Waals surface area contributed by atoms with Crippen molar-refractivity contribution in [2.75, 3.05) is 0 Å². The minimum Gasteiger partial charge on any atom is -0.507 e. The van der Waals surface area contributed by atoms with Gasteiger partial charge in [-0.25, -0.2) is 4.79 Å². The van der Waals surface area contributed by atoms with Crippen LogP contribution in [0.4, 0.5) is 0 Å². The van der Waals surface area contributed by atoms with Crippen LogP contribution in [0.5, 0.6) is 5.75 Å². The molecular weight excluding hydrogens is 388 g/mol. The standard InChI is InChI=1S/C23H26O7/c1-4-14-10-16-15-6-5-7-17(24)22(27)18(25)9-8-12(2)13(3)29-23(28)21(15)19(26)11-20(16)30-14/h5-6,8-13,17,22,24,26-27H,4,7H2,1-3H3/b6-5?,9-8-/t12-,13-,17-,22-/m0/s1. The summed E-state index contributed by atoms with van der Waals surface area (Å²) in [7, 11) is 0. The van der Waals surface area contributed by atoms with Crippen molar-refractivity contribution in [2.24, 2.45) is 5.92 Å². The van der Waals surface area contributed by atoms with E-state index in [1.54, 1.807) is 26.0 Å². The highest BCUT2D eigenvalue weighted by Gasteiger charge is 2.26. The topological polar surface area (TPSA) is 117 Å². The molecule has 0 unspecified atom stereocenters. The molecule has 3 rings (SSSR count). The van der Waals surface area contributed by atoms with Gasteiger partial charge in [0, 0.05) is 29.4 Å². The first-order valence-corrected chi connectivity index (χ1v) is 9.97. The van der Waals surface area contributed by atoms with Crippen molar-refractivity contribution in [1.82, 2.24) is 0 Å². The number of ether oxygens (including phenoxy) is 1. The molecule has 0 saturated carbocycles. The average Bonchev–Trinajstić information content (AvgIpc) is 3.12. The summed E-state index contributed by atoms with van der Waals surface area (Å²) in [5.74, 6) is -1.25. The van der Waals surface area contributed by atoms with Gasteiger partial charge in [0.15, 0.2) is 5.78 Å². The number of hydrogen-bond acceptors (Lipinski definition) is 7. The molecule has 1 aliphatic heterocycles. The van der Waals surface area contributed by atoms with Crippen LogP contribution in [0.1, 0.15) is 48.9 Å². The van der Waals surface area contributed by atoms with Crippen LogP contribution in [-0.4, -0.2) is 45.4 Å². The zero-order valence-electron chi connectivity index (χ0n) is 17.2. The summed E-state index contributed by atoms with van der Waals surface area (Å²) >= 11 is 0. The van der Waals surface area contributed by atoms with E-state index in [1.165, 1.54) is 24.3 Å². The van der Waals surface area contributed by atoms with Crippen molar-refractivity contribution in [2.45, 2.75) is 51.9 Å². The van der Waals surface area contributed by atoms with Gasteiger partial charge in [-0.3, -0.25) is 4.79 Å². The molecule has 1 aromatic carbocycles. The number of carbonyl (C=O) groups is 2. The predicted octanol–water partition coefficient (Wildman–Crippen LogP) is 3.15. The third kappa shape index (κ3) is 4.32. The first kappa shape index (κ1) is 21.8. The summed E-state index contributed by atoms with van der Waals surface area (Å²) in [4.78, 5) is 25.0. The molecule has 0 saturated heterocycles. The third-order valence-electron chi connectivity index (χ3n) is 5.36. The first-order chi connectivity index (χ1) is 14.2. The van der Waals surface area contributed by atoms with Crippen molar-refractivity contribution >= 4 is 28.8 Å². The summed E-state index contributed by atoms with van der Waals surface area (Å²) in [6, 6.07) is 3.18. The van der Waals surface area contributed by atoms with Crippen LogP contribution in [-0.2, 0) is 16.0 Å². The molecule has 7 heteroatoms. The van der Waals surface area contributed by atoms with Gasteiger partial charge in [-0.2, -0.15) is 0 Å². The van der Waals surface area contributed by atoms with E-state index in [9.17, 15) is 24.9 Å². The van der Waals surface area contributed by atoms with Crippen molar-refractivity contribution < 1.29 is 34.1 Å². The Labute approximate surface area is 174 Å². The van der Waals surface area contributed by atoms with Crippen LogP contribution in [0.3, 0.4) is 0 Å². The lowest BCUT2D eigenvalue weighted by Crippen LogP contribution is -2.32. The lowest BCUT2D eigenvalue weighted by Gasteiger charge is -2.20. The molecule has 7 nitrogen and oxygen atoms in total. The zero-order chi connectivity index (χ0) is 22.0. The van der Waals surface area contributed by atoms with Gasteiger partial charge >= 0.3 is 5.97 Å². The number of cyclic esters (lactones) is 1. The molecule has 0 aliphatic carbocycles. The lowest BCUT2D eigenvalue weighted by molar-refractivity contribution is -0.127. The number of furan rings is 1. The van der Waals surface area contributed by atoms with E-state index in [0.29, 0.717) is 28.7 Å². The number of fused-ring (bicyclic) bond motifs is 3. The van der Waals surface area contributed by atoms with Crippen LogP contribution in [0.2, 0.25) is 0 Å². The normalized spacial score (nSPS) is 26.8. The fraction of sp³-hybridized carbons (Fsp3) is 0.391. The molecule has 160 valence electrons. The molecule has 0 spiro atoms. The summed E-state index contributed by atoms with van der Waals surface area (Å²) in [6.45, 7) is 5.35. The van der Waals surface area contributed by atoms with Crippen molar-refractivity contribution in [1.29, 1.82) is 0 Å². The van der Waals surface area contributed by atoms with E-state index in [2.05, 4.69) is 0 Å². The molecule has 2 heterocycles. The monoisotopic (exact) mass is 414 g/mol. The highest BCUT2D eigenvalue weighted by atomic mass is 16.5. The molecule has 1 aromatic heterocycles. The minimum atomic E-state index is -1.57. The van der Waals surface area contributed by atoms with Gasteiger partial charge in [0.2, 0.25) is 0 Å². The maximum absolute atomic E-state index is 12.9. The largest absolute Gasteiger partial charge is 0.507 e. The van der Waals surface area contributed by atoms with Gasteiger partial charge in [-0.15, -0.1) is 0 Å². The Morgan fingerprint density at radius 3 is 2.57 bits per heavy atom. The SMILES string of the molecule is CCc1cc2c3c(c(O)cc2o1)C(=O)O[C@@H](C)[C@@H](C)/C=C\C(=O)[C@@H](O)[C@@H](O)CC=C3. The van der Waals surface area contributed by atoms with Gasteiger partial charge in [0.1, 0.15) is 34.9 Å². The van der Waals surface area contributed by atoms with Crippen molar-refractivity contribution in [3.63, 3.8) is 0 Å². The van der Waals surface area contributed by atoms with Crippen molar-refractivity contribution in [3.05, 3.63) is 47.2 Å². The molecule has 0 amide bonds. The molecule has 3 N–H and O–H groups in total. The quantitative estimate of drug-likeness (QED) is 0.614. The zero-order valence-corrected chi connectivity index (χ0v) is 17.2. The molecule has 1 aliphatic rings. The number of phenolic OH excluding ortho intramolecular Hbond substituents is 1. The molecule has 2 aromatic rings. The highest BCUT2D eigenvalue weighted by Crippen LogP contribution is 2.35. The Hall–Kier alpha value is -2.90. The number of esters is 1. The number of aliphatic hydroxyl groups is 2. The Morgan fingerprint density at radius 2 is 1.87 bits per heavy atom. The van der Waals surface area contributed by atoms with Gasteiger partial charge < -0.3 is 24.5 Å². The number of aromatic hydroxyl groups is 1. The second-order valence-electron chi connectivity index (χ2n) is 7.54. The van der Waals surface area contributed by atoms with Gasteiger partial charge in [-0.1, -0.05) is 32.1 Å². The van der Waals surface area contributed by atoms with Gasteiger partial charge in [-0.05, 0) is 25.5 Å². The van der Waals surface area contributed by atoms with Crippen LogP contribution in [0.25, 0.3) is 17.0 Å². The number of rotatable bonds is 1. The van der Waals surface area contributed by atoms with Crippen LogP contribution in [0.15, 0.2) is 34.8 Å². The van der Waals surface area contributed by atoms with Crippen LogP contribution >= 0.6 is 0 Å². The summed E-state index contributed by atoms with van der Waals surface area (Å²) < 4.78 is 11.3. The second-order valence-corrected chi connectivity index (χ2v) is 7.54. The van der Waals surface area contributed by atoms with E-state index in [-0.39, 0.29) is 23.7 Å². The number of phenols is 1. The predicted molar refractivity (Wildman–Crippen MR) is 111 cm³/mol. The van der Waals surface area contributed by atoms with E-state index in [4.69, 9.17) is 9.15 Å². The lowest BCUT2D eigenvalue weighted by atomic mass is 9.98. The maximum atomic E-state index is 12.9. The number of aryl methyl sites for hydroxylation is 1. The smallest absolute Gasteiger partial charge is 0.342 e. The Kier molecular flexibility index (Phi) is 6.43. The fourth-order valence-corrected chi connectivity index (χ4v) is 3.29. The third-order valence-corrected chi connectivity index (χ3v) is 5.36. The van der Waals surface area contributed by atoms with E-state index < -0.39 is 30.1 Å². The maximum Gasteiger partial charge on any atom is 0.342 e. The van der Waals surface area contributed by atoms with E-state index >= 15 is 0 Å². The molecule has 0 radical (unpaired) electrons. The van der Waals surface area contributed by atoms with Gasteiger partial charge in [0.25, 0.3) is 0 Å². The van der Waals surface area contributed by atoms with Crippen LogP contribution < -0.4 is 0 Å². The van der Waals surface area contributed by atoms with Crippen molar-refractivity contribution in [3.8, 4) is 5.75 Å². The molecular formula is C23H26O7. The molecule has 30 heavy (non-hydrogen) atoms. The molecule has 0 bridgehead atoms. The van der Waals surface area contributed by atoms with Gasteiger partial charge in [0.05, 0.1) is 6.10 Å². The number of hydrogen-bond donors (Lipinski definition) is 3. The van der Waals surface area contributed by atoms with E-state index in [1.807, 2.05) is 6.92 Å². The second kappa shape index (κ2) is 8.85.